The van der Waals surface area contributed by atoms with Crippen LogP contribution in [0, 0.1) is 0 Å². The predicted molar refractivity (Wildman–Crippen MR) is 80.1 cm³/mol. The van der Waals surface area contributed by atoms with E-state index in [-0.39, 0.29) is 0 Å². The number of ether oxygens (including phenoxy) is 2. The van der Waals surface area contributed by atoms with E-state index < -0.39 is 28.8 Å². The molecule has 0 aromatic rings. The van der Waals surface area contributed by atoms with Crippen molar-refractivity contribution >= 4 is 12.1 Å². The van der Waals surface area contributed by atoms with E-state index in [0.717, 1.165) is 0 Å². The molecular formula is C15H28N2O4. The third-order valence-electron chi connectivity index (χ3n) is 3.03. The van der Waals surface area contributed by atoms with Crippen molar-refractivity contribution in [3.63, 3.8) is 0 Å². The van der Waals surface area contributed by atoms with Crippen molar-refractivity contribution in [2.24, 2.45) is 0 Å². The number of rotatable bonds is 1. The van der Waals surface area contributed by atoms with Crippen molar-refractivity contribution in [3.8, 4) is 0 Å². The summed E-state index contributed by atoms with van der Waals surface area (Å²) < 4.78 is 10.9. The van der Waals surface area contributed by atoms with E-state index >= 15 is 0 Å². The molecular weight excluding hydrogens is 272 g/mol. The summed E-state index contributed by atoms with van der Waals surface area (Å²) >= 11 is 0. The van der Waals surface area contributed by atoms with Gasteiger partial charge in [0.1, 0.15) is 11.2 Å². The molecule has 0 aromatic carbocycles. The Bertz CT molecular complexity index is 409. The number of nitrogens with one attached hydrogen (secondary N) is 1. The standard InChI is InChI=1S/C15H28N2O4/c1-13(2,3)20-11(18)15(7)10-16-8-9-17(15)12(19)21-14(4,5)6/h16H,8-10H2,1-7H3/t15-/m1/s1. The molecule has 6 nitrogen and oxygen atoms in total. The molecule has 1 aliphatic heterocycles. The van der Waals surface area contributed by atoms with Gasteiger partial charge in [0, 0.05) is 19.6 Å². The summed E-state index contributed by atoms with van der Waals surface area (Å²) in [6, 6.07) is 0. The largest absolute Gasteiger partial charge is 0.458 e. The fourth-order valence-corrected chi connectivity index (χ4v) is 2.05. The van der Waals surface area contributed by atoms with E-state index in [4.69, 9.17) is 9.47 Å². The number of amides is 1. The Balaban J connectivity index is 2.94. The van der Waals surface area contributed by atoms with Gasteiger partial charge in [0.25, 0.3) is 0 Å². The Morgan fingerprint density at radius 2 is 1.57 bits per heavy atom. The van der Waals surface area contributed by atoms with Crippen LogP contribution in [-0.2, 0) is 14.3 Å². The van der Waals surface area contributed by atoms with E-state index in [9.17, 15) is 9.59 Å². The first-order valence-electron chi connectivity index (χ1n) is 7.30. The minimum Gasteiger partial charge on any atom is -0.458 e. The lowest BCUT2D eigenvalue weighted by Gasteiger charge is -2.44. The van der Waals surface area contributed by atoms with Crippen molar-refractivity contribution in [1.82, 2.24) is 10.2 Å². The molecule has 1 heterocycles. The molecule has 122 valence electrons. The third-order valence-corrected chi connectivity index (χ3v) is 3.03. The highest BCUT2D eigenvalue weighted by Crippen LogP contribution is 2.24. The number of hydrogen-bond donors (Lipinski definition) is 1. The molecule has 0 aliphatic carbocycles. The number of hydrogen-bond acceptors (Lipinski definition) is 5. The highest BCUT2D eigenvalue weighted by Gasteiger charge is 2.47. The lowest BCUT2D eigenvalue weighted by Crippen LogP contribution is -2.66. The maximum atomic E-state index is 12.5. The Labute approximate surface area is 127 Å². The average molecular weight is 300 g/mol. The summed E-state index contributed by atoms with van der Waals surface area (Å²) in [6.07, 6.45) is -0.489. The van der Waals surface area contributed by atoms with Crippen molar-refractivity contribution < 1.29 is 19.1 Å². The van der Waals surface area contributed by atoms with Gasteiger partial charge in [-0.15, -0.1) is 0 Å². The fourth-order valence-electron chi connectivity index (χ4n) is 2.05. The molecule has 0 saturated carbocycles. The smallest absolute Gasteiger partial charge is 0.411 e. The Morgan fingerprint density at radius 1 is 1.05 bits per heavy atom. The van der Waals surface area contributed by atoms with Gasteiger partial charge in [-0.3, -0.25) is 4.90 Å². The van der Waals surface area contributed by atoms with Crippen molar-refractivity contribution in [2.75, 3.05) is 19.6 Å². The van der Waals surface area contributed by atoms with Gasteiger partial charge in [-0.25, -0.2) is 9.59 Å². The first-order chi connectivity index (χ1) is 9.35. The SMILES string of the molecule is CC(C)(C)OC(=O)N1CCNC[C@]1(C)C(=O)OC(C)(C)C. The average Bonchev–Trinajstić information content (AvgIpc) is 2.24. The van der Waals surface area contributed by atoms with Gasteiger partial charge >= 0.3 is 12.1 Å². The fraction of sp³-hybridized carbons (Fsp3) is 0.867. The van der Waals surface area contributed by atoms with E-state index in [0.29, 0.717) is 19.6 Å². The molecule has 1 aliphatic rings. The van der Waals surface area contributed by atoms with Crippen LogP contribution in [0.1, 0.15) is 48.5 Å². The zero-order valence-electron chi connectivity index (χ0n) is 14.2. The molecule has 1 saturated heterocycles. The summed E-state index contributed by atoms with van der Waals surface area (Å²) in [7, 11) is 0. The van der Waals surface area contributed by atoms with E-state index in [1.54, 1.807) is 27.7 Å². The molecule has 0 radical (unpaired) electrons. The Hall–Kier alpha value is -1.30. The number of esters is 1. The molecule has 6 heteroatoms. The molecule has 1 atom stereocenters. The quantitative estimate of drug-likeness (QED) is 0.749. The number of carbonyl (C=O) groups excluding carboxylic acids is 2. The first kappa shape index (κ1) is 17.8. The summed E-state index contributed by atoms with van der Waals surface area (Å²) in [5.41, 5.74) is -2.26. The highest BCUT2D eigenvalue weighted by atomic mass is 16.6. The Kier molecular flexibility index (Phi) is 4.93. The maximum Gasteiger partial charge on any atom is 0.411 e. The predicted octanol–water partition coefficient (Wildman–Crippen LogP) is 1.93. The van der Waals surface area contributed by atoms with E-state index in [2.05, 4.69) is 5.32 Å². The van der Waals surface area contributed by atoms with Crippen LogP contribution in [0.5, 0.6) is 0 Å². The Morgan fingerprint density at radius 3 is 2.05 bits per heavy atom. The number of piperazine rings is 1. The minimum absolute atomic E-state index is 0.348. The van der Waals surface area contributed by atoms with Gasteiger partial charge in [0.2, 0.25) is 0 Å². The van der Waals surface area contributed by atoms with Crippen LogP contribution >= 0.6 is 0 Å². The maximum absolute atomic E-state index is 12.5. The second-order valence-electron chi connectivity index (χ2n) is 7.58. The van der Waals surface area contributed by atoms with Crippen molar-refractivity contribution in [2.45, 2.75) is 65.2 Å². The molecule has 1 amide bonds. The van der Waals surface area contributed by atoms with Crippen LogP contribution < -0.4 is 5.32 Å². The van der Waals surface area contributed by atoms with Gasteiger partial charge in [0.05, 0.1) is 0 Å². The zero-order chi connectivity index (χ0) is 16.5. The number of nitrogens with zero attached hydrogens (tertiary/aromatic N) is 1. The van der Waals surface area contributed by atoms with Gasteiger partial charge < -0.3 is 14.8 Å². The zero-order valence-corrected chi connectivity index (χ0v) is 14.2. The van der Waals surface area contributed by atoms with Crippen LogP contribution in [-0.4, -0.2) is 53.3 Å². The van der Waals surface area contributed by atoms with Crippen LogP contribution in [0.25, 0.3) is 0 Å². The van der Waals surface area contributed by atoms with Crippen LogP contribution in [0.4, 0.5) is 4.79 Å². The minimum atomic E-state index is -1.06. The summed E-state index contributed by atoms with van der Waals surface area (Å²) in [6.45, 7) is 13.9. The highest BCUT2D eigenvalue weighted by molar-refractivity contribution is 5.86. The number of carbonyl (C=O) groups is 2. The lowest BCUT2D eigenvalue weighted by atomic mass is 9.97. The lowest BCUT2D eigenvalue weighted by molar-refractivity contribution is -0.169. The van der Waals surface area contributed by atoms with Crippen molar-refractivity contribution in [1.29, 1.82) is 0 Å². The van der Waals surface area contributed by atoms with Crippen molar-refractivity contribution in [3.05, 3.63) is 0 Å². The summed E-state index contributed by atoms with van der Waals surface area (Å²) in [5.74, 6) is -0.423. The second kappa shape index (κ2) is 5.83. The van der Waals surface area contributed by atoms with Crippen LogP contribution in [0.15, 0.2) is 0 Å². The topological polar surface area (TPSA) is 67.9 Å². The first-order valence-corrected chi connectivity index (χ1v) is 7.30. The van der Waals surface area contributed by atoms with E-state index in [1.165, 1.54) is 4.90 Å². The van der Waals surface area contributed by atoms with E-state index in [1.807, 2.05) is 20.8 Å². The molecule has 0 bridgehead atoms. The molecule has 1 rings (SSSR count). The summed E-state index contributed by atoms with van der Waals surface area (Å²) in [4.78, 5) is 26.3. The monoisotopic (exact) mass is 300 g/mol. The normalized spacial score (nSPS) is 23.7. The van der Waals surface area contributed by atoms with Gasteiger partial charge in [-0.1, -0.05) is 0 Å². The van der Waals surface area contributed by atoms with Crippen LogP contribution in [0.2, 0.25) is 0 Å². The third kappa shape index (κ3) is 4.88. The van der Waals surface area contributed by atoms with Gasteiger partial charge in [-0.05, 0) is 48.5 Å². The molecule has 1 N–H and O–H groups in total. The molecule has 0 aromatic heterocycles. The molecule has 1 fully saturated rings. The molecule has 21 heavy (non-hydrogen) atoms. The van der Waals surface area contributed by atoms with Gasteiger partial charge in [-0.2, -0.15) is 0 Å². The second-order valence-corrected chi connectivity index (χ2v) is 7.58. The molecule has 0 unspecified atom stereocenters. The summed E-state index contributed by atoms with van der Waals surface area (Å²) in [5, 5.41) is 3.14. The molecule has 0 spiro atoms. The van der Waals surface area contributed by atoms with Gasteiger partial charge in [0.15, 0.2) is 5.54 Å². The van der Waals surface area contributed by atoms with Crippen LogP contribution in [0.3, 0.4) is 0 Å².